The second-order valence-corrected chi connectivity index (χ2v) is 7.23. The van der Waals surface area contributed by atoms with Gasteiger partial charge in [-0.05, 0) is 31.9 Å². The molecule has 2 N–H and O–H groups in total. The fraction of sp³-hybridized carbons (Fsp3) is 0.636. The monoisotopic (exact) mass is 277 g/mol. The Balaban J connectivity index is 2.49. The van der Waals surface area contributed by atoms with Gasteiger partial charge in [-0.3, -0.25) is 0 Å². The van der Waals surface area contributed by atoms with Crippen molar-refractivity contribution in [2.24, 2.45) is 0 Å². The number of hydrogen-bond acceptors (Lipinski definition) is 4. The Morgan fingerprint density at radius 2 is 2.18 bits per heavy atom. The standard InChI is InChI=1S/C11H19NO3S2/c1-3-10(8-13)12-17(14,15)7-6-11-5-4-9(2)16-11/h4-5,10,12-13H,3,6-8H2,1-2H3/t10-/m0/s1. The first-order chi connectivity index (χ1) is 7.96. The quantitative estimate of drug-likeness (QED) is 0.789. The molecular weight excluding hydrogens is 258 g/mol. The average Bonchev–Trinajstić information content (AvgIpc) is 2.70. The van der Waals surface area contributed by atoms with Crippen molar-refractivity contribution < 1.29 is 13.5 Å². The molecule has 0 aromatic carbocycles. The fourth-order valence-electron chi connectivity index (χ4n) is 1.42. The first kappa shape index (κ1) is 14.6. The van der Waals surface area contributed by atoms with Gasteiger partial charge in [0.25, 0.3) is 0 Å². The van der Waals surface area contributed by atoms with E-state index in [0.717, 1.165) is 4.88 Å². The molecule has 0 unspecified atom stereocenters. The van der Waals surface area contributed by atoms with Crippen LogP contribution in [0.5, 0.6) is 0 Å². The zero-order valence-corrected chi connectivity index (χ0v) is 11.8. The van der Waals surface area contributed by atoms with Gasteiger partial charge in [-0.25, -0.2) is 13.1 Å². The van der Waals surface area contributed by atoms with Crippen LogP contribution in [0.4, 0.5) is 0 Å². The lowest BCUT2D eigenvalue weighted by Crippen LogP contribution is -2.38. The largest absolute Gasteiger partial charge is 0.395 e. The van der Waals surface area contributed by atoms with Crippen LogP contribution in [-0.2, 0) is 16.4 Å². The Hall–Kier alpha value is -0.430. The van der Waals surface area contributed by atoms with E-state index in [9.17, 15) is 8.42 Å². The normalized spacial score (nSPS) is 13.8. The topological polar surface area (TPSA) is 66.4 Å². The van der Waals surface area contributed by atoms with Crippen LogP contribution >= 0.6 is 11.3 Å². The number of rotatable bonds is 7. The Labute approximate surface area is 107 Å². The first-order valence-electron chi connectivity index (χ1n) is 5.63. The molecule has 0 saturated carbocycles. The highest BCUT2D eigenvalue weighted by atomic mass is 32.2. The minimum atomic E-state index is -3.30. The summed E-state index contributed by atoms with van der Waals surface area (Å²) in [6.07, 6.45) is 1.11. The molecule has 0 aliphatic rings. The SMILES string of the molecule is CC[C@@H](CO)NS(=O)(=O)CCc1ccc(C)s1. The van der Waals surface area contributed by atoms with Crippen molar-refractivity contribution in [2.75, 3.05) is 12.4 Å². The maximum atomic E-state index is 11.7. The number of aryl methyl sites for hydroxylation is 2. The van der Waals surface area contributed by atoms with E-state index in [1.807, 2.05) is 26.0 Å². The molecule has 17 heavy (non-hydrogen) atoms. The van der Waals surface area contributed by atoms with E-state index in [1.54, 1.807) is 11.3 Å². The van der Waals surface area contributed by atoms with E-state index in [1.165, 1.54) is 4.88 Å². The van der Waals surface area contributed by atoms with Crippen molar-refractivity contribution in [3.05, 3.63) is 21.9 Å². The molecule has 0 aliphatic carbocycles. The van der Waals surface area contributed by atoms with Crippen LogP contribution in [0.15, 0.2) is 12.1 Å². The second kappa shape index (κ2) is 6.49. The van der Waals surface area contributed by atoms with Gasteiger partial charge in [0.15, 0.2) is 0 Å². The predicted molar refractivity (Wildman–Crippen MR) is 70.8 cm³/mol. The summed E-state index contributed by atoms with van der Waals surface area (Å²) in [7, 11) is -3.30. The molecule has 0 amide bonds. The molecule has 4 nitrogen and oxygen atoms in total. The van der Waals surface area contributed by atoms with Crippen molar-refractivity contribution >= 4 is 21.4 Å². The maximum Gasteiger partial charge on any atom is 0.212 e. The predicted octanol–water partition coefficient (Wildman–Crippen LogP) is 1.29. The molecule has 0 bridgehead atoms. The zero-order valence-electron chi connectivity index (χ0n) is 10.1. The van der Waals surface area contributed by atoms with Crippen LogP contribution in [0.25, 0.3) is 0 Å². The molecule has 1 rings (SSSR count). The highest BCUT2D eigenvalue weighted by molar-refractivity contribution is 7.89. The number of hydrogen-bond donors (Lipinski definition) is 2. The molecule has 0 spiro atoms. The molecule has 1 heterocycles. The Morgan fingerprint density at radius 3 is 2.65 bits per heavy atom. The smallest absolute Gasteiger partial charge is 0.212 e. The van der Waals surface area contributed by atoms with Gasteiger partial charge in [-0.2, -0.15) is 0 Å². The molecule has 0 radical (unpaired) electrons. The Kier molecular flexibility index (Phi) is 5.58. The summed E-state index contributed by atoms with van der Waals surface area (Å²) in [5, 5.41) is 8.95. The van der Waals surface area contributed by atoms with Crippen molar-refractivity contribution in [1.82, 2.24) is 4.72 Å². The van der Waals surface area contributed by atoms with Crippen LogP contribution in [0.3, 0.4) is 0 Å². The van der Waals surface area contributed by atoms with Crippen LogP contribution in [0.1, 0.15) is 23.1 Å². The molecule has 0 fully saturated rings. The summed E-state index contributed by atoms with van der Waals surface area (Å²) in [6, 6.07) is 3.58. The van der Waals surface area contributed by atoms with Crippen LogP contribution in [0.2, 0.25) is 0 Å². The summed E-state index contributed by atoms with van der Waals surface area (Å²) in [6.45, 7) is 3.68. The Bertz CT molecular complexity index is 435. The number of aliphatic hydroxyl groups is 1. The van der Waals surface area contributed by atoms with E-state index in [2.05, 4.69) is 4.72 Å². The van der Waals surface area contributed by atoms with Gasteiger partial charge in [0.1, 0.15) is 0 Å². The molecule has 0 aliphatic heterocycles. The minimum Gasteiger partial charge on any atom is -0.395 e. The lowest BCUT2D eigenvalue weighted by atomic mass is 10.3. The zero-order chi connectivity index (χ0) is 12.9. The van der Waals surface area contributed by atoms with Crippen LogP contribution < -0.4 is 4.72 Å². The molecule has 1 atom stereocenters. The van der Waals surface area contributed by atoms with Crippen LogP contribution in [0, 0.1) is 6.92 Å². The van der Waals surface area contributed by atoms with Crippen molar-refractivity contribution in [2.45, 2.75) is 32.7 Å². The summed E-state index contributed by atoms with van der Waals surface area (Å²) in [5.41, 5.74) is 0. The van der Waals surface area contributed by atoms with Gasteiger partial charge in [0.05, 0.1) is 12.4 Å². The number of sulfonamides is 1. The number of nitrogens with one attached hydrogen (secondary N) is 1. The van der Waals surface area contributed by atoms with E-state index in [-0.39, 0.29) is 18.4 Å². The van der Waals surface area contributed by atoms with Crippen molar-refractivity contribution in [1.29, 1.82) is 0 Å². The molecular formula is C11H19NO3S2. The molecule has 0 saturated heterocycles. The summed E-state index contributed by atoms with van der Waals surface area (Å²) < 4.78 is 25.9. The number of thiophene rings is 1. The fourth-order valence-corrected chi connectivity index (χ4v) is 3.79. The number of aliphatic hydroxyl groups excluding tert-OH is 1. The molecule has 1 aromatic rings. The third-order valence-corrected chi connectivity index (χ3v) is 4.97. The third kappa shape index (κ3) is 5.16. The highest BCUT2D eigenvalue weighted by Crippen LogP contribution is 2.15. The van der Waals surface area contributed by atoms with Gasteiger partial charge in [0.2, 0.25) is 10.0 Å². The summed E-state index contributed by atoms with van der Waals surface area (Å²) >= 11 is 1.62. The van der Waals surface area contributed by atoms with E-state index in [4.69, 9.17) is 5.11 Å². The molecule has 98 valence electrons. The van der Waals surface area contributed by atoms with Crippen LogP contribution in [-0.4, -0.2) is 31.9 Å². The van der Waals surface area contributed by atoms with Gasteiger partial charge in [-0.15, -0.1) is 11.3 Å². The maximum absolute atomic E-state index is 11.7. The van der Waals surface area contributed by atoms with Crippen molar-refractivity contribution in [3.8, 4) is 0 Å². The van der Waals surface area contributed by atoms with E-state index >= 15 is 0 Å². The van der Waals surface area contributed by atoms with Gasteiger partial charge in [0, 0.05) is 15.8 Å². The summed E-state index contributed by atoms with van der Waals surface area (Å²) in [4.78, 5) is 2.26. The highest BCUT2D eigenvalue weighted by Gasteiger charge is 2.16. The lowest BCUT2D eigenvalue weighted by Gasteiger charge is -2.13. The average molecular weight is 277 g/mol. The first-order valence-corrected chi connectivity index (χ1v) is 8.10. The summed E-state index contributed by atoms with van der Waals surface area (Å²) in [5.74, 6) is 0.0729. The van der Waals surface area contributed by atoms with Gasteiger partial charge >= 0.3 is 0 Å². The second-order valence-electron chi connectivity index (χ2n) is 3.99. The molecule has 6 heteroatoms. The Morgan fingerprint density at radius 1 is 1.47 bits per heavy atom. The van der Waals surface area contributed by atoms with E-state index in [0.29, 0.717) is 12.8 Å². The minimum absolute atomic E-state index is 0.0729. The lowest BCUT2D eigenvalue weighted by molar-refractivity contribution is 0.254. The third-order valence-electron chi connectivity index (χ3n) is 2.47. The van der Waals surface area contributed by atoms with Gasteiger partial charge < -0.3 is 5.11 Å². The van der Waals surface area contributed by atoms with E-state index < -0.39 is 10.0 Å². The van der Waals surface area contributed by atoms with Gasteiger partial charge in [-0.1, -0.05) is 6.92 Å². The van der Waals surface area contributed by atoms with Crippen molar-refractivity contribution in [3.63, 3.8) is 0 Å². The molecule has 1 aromatic heterocycles.